The van der Waals surface area contributed by atoms with Gasteiger partial charge in [0.05, 0.1) is 0 Å². The first kappa shape index (κ1) is 14.5. The molecule has 0 fully saturated rings. The average molecular weight is 365 g/mol. The Morgan fingerprint density at radius 2 is 1.74 bits per heavy atom. The number of benzene rings is 2. The van der Waals surface area contributed by atoms with Gasteiger partial charge in [0, 0.05) is 9.61 Å². The van der Waals surface area contributed by atoms with Crippen LogP contribution in [0, 0.1) is 17.4 Å². The van der Waals surface area contributed by atoms with Gasteiger partial charge in [-0.05, 0) is 73.2 Å². The van der Waals surface area contributed by atoms with Crippen LogP contribution in [0.5, 0.6) is 0 Å². The molecule has 0 saturated carbocycles. The summed E-state index contributed by atoms with van der Waals surface area (Å²) in [5.41, 5.74) is 5.43. The summed E-state index contributed by atoms with van der Waals surface area (Å²) < 4.78 is 1.29. The fraction of sp³-hybridized carbons (Fsp3) is 0.294. The molecule has 1 N–H and O–H groups in total. The van der Waals surface area contributed by atoms with Crippen molar-refractivity contribution in [2.75, 3.05) is 7.05 Å². The third-order valence-corrected chi connectivity index (χ3v) is 3.99. The van der Waals surface area contributed by atoms with Crippen molar-refractivity contribution in [3.63, 3.8) is 0 Å². The zero-order valence-corrected chi connectivity index (χ0v) is 13.9. The molecule has 0 aromatic heterocycles. The second kappa shape index (κ2) is 6.53. The summed E-state index contributed by atoms with van der Waals surface area (Å²) in [5.74, 6) is 0. The highest BCUT2D eigenvalue weighted by Gasteiger charge is 2.10. The van der Waals surface area contributed by atoms with Crippen LogP contribution in [0.3, 0.4) is 0 Å². The van der Waals surface area contributed by atoms with Crippen molar-refractivity contribution in [1.82, 2.24) is 5.32 Å². The number of hydrogen-bond acceptors (Lipinski definition) is 1. The van der Waals surface area contributed by atoms with Crippen molar-refractivity contribution in [3.05, 3.63) is 68.3 Å². The highest BCUT2D eigenvalue weighted by molar-refractivity contribution is 14.1. The van der Waals surface area contributed by atoms with Gasteiger partial charge < -0.3 is 5.32 Å². The highest BCUT2D eigenvalue weighted by atomic mass is 127. The predicted molar refractivity (Wildman–Crippen MR) is 90.6 cm³/mol. The maximum Gasteiger partial charge on any atom is 0.0358 e. The molecule has 1 atom stereocenters. The predicted octanol–water partition coefficient (Wildman–Crippen LogP) is 4.41. The summed E-state index contributed by atoms with van der Waals surface area (Å²) in [6, 6.07) is 15.9. The quantitative estimate of drug-likeness (QED) is 0.792. The minimum Gasteiger partial charge on any atom is -0.313 e. The van der Waals surface area contributed by atoms with Crippen molar-refractivity contribution >= 4 is 22.6 Å². The average Bonchev–Trinajstić information content (AvgIpc) is 2.34. The number of nitrogens with one attached hydrogen (secondary N) is 1. The van der Waals surface area contributed by atoms with Gasteiger partial charge in [-0.25, -0.2) is 0 Å². The molecule has 0 spiro atoms. The molecule has 2 aromatic rings. The third kappa shape index (κ3) is 4.05. The number of halogens is 1. The van der Waals surface area contributed by atoms with E-state index in [1.807, 2.05) is 7.05 Å². The summed E-state index contributed by atoms with van der Waals surface area (Å²) in [6.07, 6.45) is 1.03. The molecule has 0 aliphatic rings. The van der Waals surface area contributed by atoms with E-state index in [1.165, 1.54) is 25.8 Å². The van der Waals surface area contributed by atoms with E-state index in [0.717, 1.165) is 6.42 Å². The third-order valence-electron chi connectivity index (χ3n) is 3.32. The van der Waals surface area contributed by atoms with Crippen molar-refractivity contribution in [2.45, 2.75) is 26.3 Å². The topological polar surface area (TPSA) is 12.0 Å². The minimum absolute atomic E-state index is 0.371. The van der Waals surface area contributed by atoms with Gasteiger partial charge in [-0.1, -0.05) is 41.5 Å². The van der Waals surface area contributed by atoms with Gasteiger partial charge in [-0.15, -0.1) is 0 Å². The lowest BCUT2D eigenvalue weighted by molar-refractivity contribution is 0.591. The molecule has 0 aliphatic heterocycles. The molecule has 0 saturated heterocycles. The Balaban J connectivity index is 2.23. The minimum atomic E-state index is 0.371. The van der Waals surface area contributed by atoms with E-state index in [0.29, 0.717) is 6.04 Å². The molecule has 0 bridgehead atoms. The van der Waals surface area contributed by atoms with Crippen LogP contribution in [-0.4, -0.2) is 7.05 Å². The van der Waals surface area contributed by atoms with E-state index >= 15 is 0 Å². The summed E-state index contributed by atoms with van der Waals surface area (Å²) in [4.78, 5) is 0. The van der Waals surface area contributed by atoms with Gasteiger partial charge in [0.1, 0.15) is 0 Å². The molecule has 1 unspecified atom stereocenters. The molecule has 0 radical (unpaired) electrons. The van der Waals surface area contributed by atoms with Crippen LogP contribution in [0.4, 0.5) is 0 Å². The molecule has 2 rings (SSSR count). The Bertz CT molecular complexity index is 543. The van der Waals surface area contributed by atoms with Gasteiger partial charge in [-0.2, -0.15) is 0 Å². The van der Waals surface area contributed by atoms with E-state index in [2.05, 4.69) is 84.2 Å². The second-order valence-corrected chi connectivity index (χ2v) is 6.34. The van der Waals surface area contributed by atoms with Crippen molar-refractivity contribution in [3.8, 4) is 0 Å². The number of likely N-dealkylation sites (N-methyl/N-ethyl adjacent to an activating group) is 1. The Labute approximate surface area is 129 Å². The van der Waals surface area contributed by atoms with Crippen LogP contribution in [0.2, 0.25) is 0 Å². The molecule has 0 aliphatic carbocycles. The van der Waals surface area contributed by atoms with Crippen LogP contribution in [-0.2, 0) is 6.42 Å². The van der Waals surface area contributed by atoms with Crippen LogP contribution < -0.4 is 5.32 Å². The van der Waals surface area contributed by atoms with Crippen molar-refractivity contribution in [1.29, 1.82) is 0 Å². The number of aryl methyl sites for hydroxylation is 2. The molecule has 0 amide bonds. The first-order chi connectivity index (χ1) is 9.08. The summed E-state index contributed by atoms with van der Waals surface area (Å²) in [6.45, 7) is 4.33. The first-order valence-corrected chi connectivity index (χ1v) is 7.66. The Morgan fingerprint density at radius 3 is 2.32 bits per heavy atom. The monoisotopic (exact) mass is 365 g/mol. The molecule has 1 nitrogen and oxygen atoms in total. The van der Waals surface area contributed by atoms with E-state index in [-0.39, 0.29) is 0 Å². The van der Waals surface area contributed by atoms with E-state index < -0.39 is 0 Å². The van der Waals surface area contributed by atoms with E-state index in [9.17, 15) is 0 Å². The maximum absolute atomic E-state index is 3.43. The zero-order valence-electron chi connectivity index (χ0n) is 11.7. The Morgan fingerprint density at radius 1 is 1.05 bits per heavy atom. The van der Waals surface area contributed by atoms with E-state index in [4.69, 9.17) is 0 Å². The van der Waals surface area contributed by atoms with Crippen molar-refractivity contribution < 1.29 is 0 Å². The number of rotatable bonds is 4. The largest absolute Gasteiger partial charge is 0.313 e. The van der Waals surface area contributed by atoms with Crippen LogP contribution in [0.15, 0.2) is 42.5 Å². The molecule has 0 heterocycles. The normalized spacial score (nSPS) is 12.4. The summed E-state index contributed by atoms with van der Waals surface area (Å²) >= 11 is 2.37. The zero-order chi connectivity index (χ0) is 13.8. The fourth-order valence-corrected chi connectivity index (χ4v) is 3.10. The maximum atomic E-state index is 3.43. The van der Waals surface area contributed by atoms with Gasteiger partial charge in [0.2, 0.25) is 0 Å². The fourth-order valence-electron chi connectivity index (χ4n) is 2.53. The van der Waals surface area contributed by atoms with Gasteiger partial charge >= 0.3 is 0 Å². The molecule has 2 heteroatoms. The summed E-state index contributed by atoms with van der Waals surface area (Å²) in [5, 5.41) is 3.43. The number of hydrogen-bond donors (Lipinski definition) is 1. The van der Waals surface area contributed by atoms with Gasteiger partial charge in [0.15, 0.2) is 0 Å². The van der Waals surface area contributed by atoms with Crippen molar-refractivity contribution in [2.24, 2.45) is 0 Å². The van der Waals surface area contributed by atoms with Crippen LogP contribution in [0.25, 0.3) is 0 Å². The standard InChI is InChI=1S/C17H20IN/c1-12-7-13(2)9-14(8-12)10-17(19-3)15-5-4-6-16(18)11-15/h4-9,11,17,19H,10H2,1-3H3. The lowest BCUT2D eigenvalue weighted by Gasteiger charge is -2.18. The Hall–Kier alpha value is -0.870. The van der Waals surface area contributed by atoms with Gasteiger partial charge in [0.25, 0.3) is 0 Å². The molecule has 19 heavy (non-hydrogen) atoms. The van der Waals surface area contributed by atoms with Gasteiger partial charge in [-0.3, -0.25) is 0 Å². The molecular formula is C17H20IN. The van der Waals surface area contributed by atoms with Crippen LogP contribution in [0.1, 0.15) is 28.3 Å². The molecule has 100 valence electrons. The summed E-state index contributed by atoms with van der Waals surface area (Å²) in [7, 11) is 2.03. The SMILES string of the molecule is CNC(Cc1cc(C)cc(C)c1)c1cccc(I)c1. The first-order valence-electron chi connectivity index (χ1n) is 6.58. The molecular weight excluding hydrogens is 345 g/mol. The molecule has 2 aromatic carbocycles. The lowest BCUT2D eigenvalue weighted by atomic mass is 9.97. The second-order valence-electron chi connectivity index (χ2n) is 5.10. The van der Waals surface area contributed by atoms with E-state index in [1.54, 1.807) is 0 Å². The lowest BCUT2D eigenvalue weighted by Crippen LogP contribution is -2.19. The highest BCUT2D eigenvalue weighted by Crippen LogP contribution is 2.21. The van der Waals surface area contributed by atoms with Crippen LogP contribution >= 0.6 is 22.6 Å². The Kier molecular flexibility index (Phi) is 4.99. The smallest absolute Gasteiger partial charge is 0.0358 e.